The van der Waals surface area contributed by atoms with E-state index >= 15 is 0 Å². The Bertz CT molecular complexity index is 657. The Kier molecular flexibility index (Phi) is 3.56. The predicted molar refractivity (Wildman–Crippen MR) is 77.5 cm³/mol. The number of ether oxygens (including phenoxy) is 1. The molecule has 0 aliphatic heterocycles. The minimum atomic E-state index is -0.447. The molecule has 1 aliphatic carbocycles. The van der Waals surface area contributed by atoms with E-state index in [4.69, 9.17) is 20.8 Å². The summed E-state index contributed by atoms with van der Waals surface area (Å²) in [7, 11) is 0. The first-order valence-electron chi connectivity index (χ1n) is 6.53. The van der Waals surface area contributed by atoms with Gasteiger partial charge in [-0.05, 0) is 37.6 Å². The van der Waals surface area contributed by atoms with Crippen LogP contribution in [0.25, 0.3) is 10.8 Å². The Labute approximate surface area is 125 Å². The molecule has 1 aliphatic rings. The summed E-state index contributed by atoms with van der Waals surface area (Å²) in [6.07, 6.45) is 2.07. The van der Waals surface area contributed by atoms with Crippen molar-refractivity contribution < 1.29 is 13.9 Å². The first-order chi connectivity index (χ1) is 9.61. The second kappa shape index (κ2) is 5.22. The largest absolute Gasteiger partial charge is 0.460 e. The van der Waals surface area contributed by atoms with Gasteiger partial charge >= 0.3 is 5.97 Å². The third-order valence-electron chi connectivity index (χ3n) is 3.17. The molecule has 4 nitrogen and oxygen atoms in total. The lowest BCUT2D eigenvalue weighted by Crippen LogP contribution is -2.05. The van der Waals surface area contributed by atoms with E-state index in [2.05, 4.69) is 4.98 Å². The Morgan fingerprint density at radius 2 is 2.35 bits per heavy atom. The number of rotatable bonds is 4. The Hall–Kier alpha value is -1.33. The molecule has 0 spiro atoms. The lowest BCUT2D eigenvalue weighted by molar-refractivity contribution is 0.0489. The number of aromatic nitrogens is 1. The van der Waals surface area contributed by atoms with Crippen molar-refractivity contribution in [1.82, 2.24) is 4.98 Å². The number of aryl methyl sites for hydroxylation is 1. The number of esters is 1. The summed E-state index contributed by atoms with van der Waals surface area (Å²) in [4.78, 5) is 17.2. The van der Waals surface area contributed by atoms with Crippen molar-refractivity contribution in [2.75, 3.05) is 6.61 Å². The molecular weight excluding hydrogens is 298 g/mol. The normalized spacial score (nSPS) is 14.6. The number of carbonyl (C=O) groups is 1. The molecule has 1 saturated carbocycles. The highest BCUT2D eigenvalue weighted by atomic mass is 35.5. The van der Waals surface area contributed by atoms with E-state index in [1.165, 1.54) is 11.3 Å². The number of carbonyl (C=O) groups excluding carboxylic acids is 1. The van der Waals surface area contributed by atoms with Crippen LogP contribution in [0.1, 0.15) is 47.5 Å². The van der Waals surface area contributed by atoms with Gasteiger partial charge in [-0.25, -0.2) is 9.78 Å². The molecule has 0 atom stereocenters. The van der Waals surface area contributed by atoms with Gasteiger partial charge in [0.1, 0.15) is 4.88 Å². The first-order valence-corrected chi connectivity index (χ1v) is 7.79. The Balaban J connectivity index is 2.03. The van der Waals surface area contributed by atoms with Gasteiger partial charge in [-0.3, -0.25) is 0 Å². The number of hydrogen-bond acceptors (Lipinski definition) is 5. The summed E-state index contributed by atoms with van der Waals surface area (Å²) in [5.74, 6) is 0.508. The zero-order chi connectivity index (χ0) is 14.3. The Morgan fingerprint density at radius 3 is 2.90 bits per heavy atom. The molecule has 2 aromatic heterocycles. The molecule has 1 fully saturated rings. The molecule has 0 bridgehead atoms. The minimum absolute atomic E-state index is 0.228. The zero-order valence-electron chi connectivity index (χ0n) is 11.2. The van der Waals surface area contributed by atoms with Crippen molar-refractivity contribution in [3.63, 3.8) is 0 Å². The molecule has 20 heavy (non-hydrogen) atoms. The van der Waals surface area contributed by atoms with Crippen LogP contribution in [0.4, 0.5) is 0 Å². The maximum absolute atomic E-state index is 11.9. The van der Waals surface area contributed by atoms with Crippen LogP contribution in [0.2, 0.25) is 5.02 Å². The molecule has 0 radical (unpaired) electrons. The third-order valence-corrected chi connectivity index (χ3v) is 4.86. The van der Waals surface area contributed by atoms with Crippen molar-refractivity contribution in [2.45, 2.75) is 32.6 Å². The number of hydrogen-bond donors (Lipinski definition) is 0. The minimum Gasteiger partial charge on any atom is -0.460 e. The number of nitrogens with zero attached hydrogens (tertiary/aromatic N) is 1. The molecule has 0 unspecified atom stereocenters. The van der Waals surface area contributed by atoms with Crippen LogP contribution in [0.5, 0.6) is 0 Å². The molecule has 0 saturated heterocycles. The van der Waals surface area contributed by atoms with E-state index < -0.39 is 5.97 Å². The number of thiophene rings is 1. The second-order valence-electron chi connectivity index (χ2n) is 4.79. The van der Waals surface area contributed by atoms with Crippen molar-refractivity contribution >= 4 is 28.9 Å². The molecule has 3 rings (SSSR count). The lowest BCUT2D eigenvalue weighted by atomic mass is 10.2. The Morgan fingerprint density at radius 1 is 1.60 bits per heavy atom. The molecule has 0 N–H and O–H groups in total. The van der Waals surface area contributed by atoms with Gasteiger partial charge in [0.15, 0.2) is 0 Å². The van der Waals surface area contributed by atoms with Gasteiger partial charge in [-0.1, -0.05) is 11.6 Å². The van der Waals surface area contributed by atoms with Crippen molar-refractivity contribution in [1.29, 1.82) is 0 Å². The summed E-state index contributed by atoms with van der Waals surface area (Å²) in [6.45, 7) is 4.02. The SMILES string of the molecule is CCOC(=O)c1oc(-c2scc(C)c2Cl)nc1C1CC1. The number of oxazole rings is 1. The van der Waals surface area contributed by atoms with Crippen LogP contribution >= 0.6 is 22.9 Å². The van der Waals surface area contributed by atoms with E-state index in [9.17, 15) is 4.79 Å². The van der Waals surface area contributed by atoms with E-state index in [0.717, 1.165) is 23.3 Å². The zero-order valence-corrected chi connectivity index (χ0v) is 12.8. The van der Waals surface area contributed by atoms with Crippen molar-refractivity contribution in [3.8, 4) is 10.8 Å². The van der Waals surface area contributed by atoms with E-state index in [1.54, 1.807) is 6.92 Å². The van der Waals surface area contributed by atoms with Gasteiger partial charge in [-0.2, -0.15) is 0 Å². The average Bonchev–Trinajstić information content (AvgIpc) is 3.10. The summed E-state index contributed by atoms with van der Waals surface area (Å²) >= 11 is 7.70. The molecule has 6 heteroatoms. The predicted octanol–water partition coefficient (Wildman–Crippen LogP) is 4.42. The summed E-state index contributed by atoms with van der Waals surface area (Å²) < 4.78 is 10.7. The highest BCUT2D eigenvalue weighted by Gasteiger charge is 2.34. The molecule has 106 valence electrons. The molecule has 2 heterocycles. The van der Waals surface area contributed by atoms with Gasteiger partial charge in [0, 0.05) is 5.92 Å². The highest BCUT2D eigenvalue weighted by molar-refractivity contribution is 7.14. The highest BCUT2D eigenvalue weighted by Crippen LogP contribution is 2.44. The summed E-state index contributed by atoms with van der Waals surface area (Å²) in [6, 6.07) is 0. The fourth-order valence-corrected chi connectivity index (χ4v) is 3.18. The fourth-order valence-electron chi connectivity index (χ4n) is 1.98. The van der Waals surface area contributed by atoms with E-state index in [-0.39, 0.29) is 5.76 Å². The van der Waals surface area contributed by atoms with E-state index in [1.807, 2.05) is 12.3 Å². The van der Waals surface area contributed by atoms with Gasteiger partial charge in [0.05, 0.1) is 17.3 Å². The van der Waals surface area contributed by atoms with Gasteiger partial charge in [0.25, 0.3) is 0 Å². The van der Waals surface area contributed by atoms with Crippen LogP contribution in [0.3, 0.4) is 0 Å². The van der Waals surface area contributed by atoms with Gasteiger partial charge in [-0.15, -0.1) is 11.3 Å². The topological polar surface area (TPSA) is 52.3 Å². The fraction of sp³-hybridized carbons (Fsp3) is 0.429. The smallest absolute Gasteiger partial charge is 0.376 e. The first kappa shape index (κ1) is 13.6. The quantitative estimate of drug-likeness (QED) is 0.784. The monoisotopic (exact) mass is 311 g/mol. The number of halogens is 1. The maximum Gasteiger partial charge on any atom is 0.376 e. The van der Waals surface area contributed by atoms with Gasteiger partial charge < -0.3 is 9.15 Å². The van der Waals surface area contributed by atoms with Crippen LogP contribution in [-0.4, -0.2) is 17.6 Å². The van der Waals surface area contributed by atoms with Crippen molar-refractivity contribution in [2.24, 2.45) is 0 Å². The van der Waals surface area contributed by atoms with Crippen LogP contribution in [0, 0.1) is 6.92 Å². The van der Waals surface area contributed by atoms with Gasteiger partial charge in [0.2, 0.25) is 11.7 Å². The maximum atomic E-state index is 11.9. The van der Waals surface area contributed by atoms with Crippen LogP contribution < -0.4 is 0 Å². The summed E-state index contributed by atoms with van der Waals surface area (Å²) in [5, 5.41) is 2.58. The lowest BCUT2D eigenvalue weighted by Gasteiger charge is -1.98. The standard InChI is InChI=1S/C14H14ClNO3S/c1-3-18-14(17)11-10(8-4-5-8)16-13(19-11)12-9(15)7(2)6-20-12/h6,8H,3-5H2,1-2H3. The summed E-state index contributed by atoms with van der Waals surface area (Å²) in [5.41, 5.74) is 1.69. The second-order valence-corrected chi connectivity index (χ2v) is 6.05. The molecule has 0 amide bonds. The molecule has 0 aromatic carbocycles. The van der Waals surface area contributed by atoms with Crippen LogP contribution in [0.15, 0.2) is 9.80 Å². The van der Waals surface area contributed by atoms with E-state index in [0.29, 0.717) is 29.1 Å². The molecule has 2 aromatic rings. The third kappa shape index (κ3) is 2.36. The van der Waals surface area contributed by atoms with Crippen LogP contribution in [-0.2, 0) is 4.74 Å². The molecular formula is C14H14ClNO3S. The van der Waals surface area contributed by atoms with Crippen molar-refractivity contribution in [3.05, 3.63) is 27.4 Å². The average molecular weight is 312 g/mol.